The smallest absolute Gasteiger partial charge is 0.341 e. The molecule has 0 bridgehead atoms. The Morgan fingerprint density at radius 2 is 1.38 bits per heavy atom. The van der Waals surface area contributed by atoms with Crippen LogP contribution >= 0.6 is 0 Å². The number of carboxylic acids is 1. The number of phenols is 2. The van der Waals surface area contributed by atoms with E-state index in [1.165, 1.54) is 56.4 Å². The van der Waals surface area contributed by atoms with Crippen LogP contribution in [0.25, 0.3) is 11.1 Å². The maximum absolute atomic E-state index is 11.0. The van der Waals surface area contributed by atoms with Crippen LogP contribution in [0.15, 0.2) is 30.3 Å². The van der Waals surface area contributed by atoms with E-state index >= 15 is 0 Å². The van der Waals surface area contributed by atoms with Crippen LogP contribution < -0.4 is 9.47 Å². The fourth-order valence-corrected chi connectivity index (χ4v) is 3.54. The Kier molecular flexibility index (Phi) is 10.7. The first-order valence-corrected chi connectivity index (χ1v) is 11.2. The minimum atomic E-state index is -1.15. The Balaban J connectivity index is 2.18. The molecule has 2 rings (SSSR count). The van der Waals surface area contributed by atoms with Gasteiger partial charge in [-0.1, -0.05) is 51.9 Å². The van der Waals surface area contributed by atoms with Crippen LogP contribution in [0.5, 0.6) is 23.0 Å². The van der Waals surface area contributed by atoms with Crippen LogP contribution in [-0.2, 0) is 11.4 Å². The molecule has 0 heterocycles. The minimum absolute atomic E-state index is 0.149. The lowest BCUT2D eigenvalue weighted by atomic mass is 10.0. The Morgan fingerprint density at radius 1 is 0.812 bits per heavy atom. The second-order valence-electron chi connectivity index (χ2n) is 7.87. The molecule has 0 aliphatic carbocycles. The number of ether oxygens (including phenoxy) is 2. The molecule has 0 aliphatic rings. The van der Waals surface area contributed by atoms with E-state index in [2.05, 4.69) is 6.92 Å². The van der Waals surface area contributed by atoms with Gasteiger partial charge in [0.15, 0.2) is 6.61 Å². The van der Waals surface area contributed by atoms with Gasteiger partial charge in [-0.25, -0.2) is 4.79 Å². The summed E-state index contributed by atoms with van der Waals surface area (Å²) in [5, 5.41) is 38.5. The van der Waals surface area contributed by atoms with Gasteiger partial charge in [0.05, 0.1) is 18.8 Å². The second kappa shape index (κ2) is 13.5. The fraction of sp³-hybridized carbons (Fsp3) is 0.480. The number of aliphatic hydroxyl groups excluding tert-OH is 1. The third kappa shape index (κ3) is 8.30. The normalized spacial score (nSPS) is 10.8. The van der Waals surface area contributed by atoms with Gasteiger partial charge in [0.2, 0.25) is 0 Å². The van der Waals surface area contributed by atoms with Gasteiger partial charge in [0.25, 0.3) is 0 Å². The molecule has 2 aromatic carbocycles. The van der Waals surface area contributed by atoms with Crippen molar-refractivity contribution in [2.24, 2.45) is 0 Å². The van der Waals surface area contributed by atoms with Crippen molar-refractivity contribution in [2.45, 2.75) is 64.9 Å². The van der Waals surface area contributed by atoms with Crippen molar-refractivity contribution >= 4 is 5.97 Å². The number of rotatable bonds is 15. The quantitative estimate of drug-likeness (QED) is 0.276. The first-order chi connectivity index (χ1) is 15.4. The van der Waals surface area contributed by atoms with Gasteiger partial charge in [0.1, 0.15) is 23.0 Å². The molecule has 2 aromatic rings. The van der Waals surface area contributed by atoms with Gasteiger partial charge in [-0.3, -0.25) is 0 Å². The van der Waals surface area contributed by atoms with E-state index in [0.717, 1.165) is 19.3 Å². The summed E-state index contributed by atoms with van der Waals surface area (Å²) in [6, 6.07) is 7.26. The summed E-state index contributed by atoms with van der Waals surface area (Å²) in [4.78, 5) is 11.0. The molecule has 0 unspecified atom stereocenters. The molecule has 32 heavy (non-hydrogen) atoms. The Morgan fingerprint density at radius 3 is 1.94 bits per heavy atom. The number of aliphatic carboxylic acids is 1. The van der Waals surface area contributed by atoms with Crippen molar-refractivity contribution in [3.05, 3.63) is 35.9 Å². The SMILES string of the molecule is CCCCCCCCCCOc1cc(CO)cc(OCC(=O)O)c1-c1cc(O)cc(O)c1. The predicted octanol–water partition coefficient (Wildman–Crippen LogP) is 5.24. The zero-order valence-electron chi connectivity index (χ0n) is 18.7. The molecule has 0 aliphatic heterocycles. The predicted molar refractivity (Wildman–Crippen MR) is 122 cm³/mol. The van der Waals surface area contributed by atoms with Crippen LogP contribution in [0, 0.1) is 0 Å². The standard InChI is InChI=1S/C25H34O7/c1-2-3-4-5-6-7-8-9-10-31-22-11-18(16-26)12-23(32-17-24(29)30)25(22)19-13-20(27)15-21(28)14-19/h11-15,26-28H,2-10,16-17H2,1H3,(H,29,30). The molecule has 0 atom stereocenters. The maximum atomic E-state index is 11.0. The van der Waals surface area contributed by atoms with Gasteiger partial charge in [-0.05, 0) is 41.8 Å². The van der Waals surface area contributed by atoms with Crippen LogP contribution in [0.3, 0.4) is 0 Å². The zero-order chi connectivity index (χ0) is 23.3. The molecule has 0 radical (unpaired) electrons. The summed E-state index contributed by atoms with van der Waals surface area (Å²) in [6.45, 7) is 1.79. The highest BCUT2D eigenvalue weighted by Gasteiger charge is 2.18. The lowest BCUT2D eigenvalue weighted by Gasteiger charge is -2.18. The number of phenolic OH excluding ortho intramolecular Hbond substituents is 2. The number of hydrogen-bond acceptors (Lipinski definition) is 6. The van der Waals surface area contributed by atoms with Crippen LogP contribution in [-0.4, -0.2) is 39.6 Å². The van der Waals surface area contributed by atoms with Gasteiger partial charge in [-0.15, -0.1) is 0 Å². The Labute approximate surface area is 189 Å². The molecular weight excluding hydrogens is 412 g/mol. The van der Waals surface area contributed by atoms with Crippen molar-refractivity contribution in [2.75, 3.05) is 13.2 Å². The van der Waals surface area contributed by atoms with E-state index in [1.807, 2.05) is 0 Å². The zero-order valence-corrected chi connectivity index (χ0v) is 18.7. The highest BCUT2D eigenvalue weighted by atomic mass is 16.5. The first kappa shape index (κ1) is 25.3. The summed E-state index contributed by atoms with van der Waals surface area (Å²) in [6.07, 6.45) is 9.29. The van der Waals surface area contributed by atoms with Crippen molar-refractivity contribution in [3.63, 3.8) is 0 Å². The Hall–Kier alpha value is -2.93. The van der Waals surface area contributed by atoms with E-state index in [0.29, 0.717) is 29.0 Å². The molecule has 176 valence electrons. The maximum Gasteiger partial charge on any atom is 0.341 e. The van der Waals surface area contributed by atoms with Crippen LogP contribution in [0.1, 0.15) is 63.9 Å². The van der Waals surface area contributed by atoms with E-state index < -0.39 is 12.6 Å². The summed E-state index contributed by atoms with van der Waals surface area (Å²) < 4.78 is 11.5. The highest BCUT2D eigenvalue weighted by Crippen LogP contribution is 2.42. The van der Waals surface area contributed by atoms with Crippen molar-refractivity contribution in [1.29, 1.82) is 0 Å². The minimum Gasteiger partial charge on any atom is -0.508 e. The third-order valence-electron chi connectivity index (χ3n) is 5.11. The molecule has 4 N–H and O–H groups in total. The molecule has 0 saturated carbocycles. The molecule has 0 amide bonds. The number of carboxylic acid groups (broad SMARTS) is 1. The fourth-order valence-electron chi connectivity index (χ4n) is 3.54. The van der Waals surface area contributed by atoms with Gasteiger partial charge in [-0.2, -0.15) is 0 Å². The molecule has 7 heteroatoms. The number of aliphatic hydroxyl groups is 1. The van der Waals surface area contributed by atoms with Gasteiger partial charge in [0, 0.05) is 6.07 Å². The lowest BCUT2D eigenvalue weighted by Crippen LogP contribution is -2.11. The van der Waals surface area contributed by atoms with E-state index in [-0.39, 0.29) is 23.9 Å². The first-order valence-electron chi connectivity index (χ1n) is 11.2. The second-order valence-corrected chi connectivity index (χ2v) is 7.87. The molecule has 7 nitrogen and oxygen atoms in total. The number of benzene rings is 2. The molecule has 0 aromatic heterocycles. The molecular formula is C25H34O7. The monoisotopic (exact) mass is 446 g/mol. The molecule has 0 saturated heterocycles. The highest BCUT2D eigenvalue weighted by molar-refractivity contribution is 5.80. The van der Waals surface area contributed by atoms with Crippen molar-refractivity contribution in [1.82, 2.24) is 0 Å². The topological polar surface area (TPSA) is 116 Å². The van der Waals surface area contributed by atoms with Crippen molar-refractivity contribution in [3.8, 4) is 34.1 Å². The summed E-state index contributed by atoms with van der Waals surface area (Å²) in [5.74, 6) is -0.862. The number of aromatic hydroxyl groups is 2. The molecule has 0 spiro atoms. The van der Waals surface area contributed by atoms with E-state index in [4.69, 9.17) is 14.6 Å². The largest absolute Gasteiger partial charge is 0.508 e. The van der Waals surface area contributed by atoms with Gasteiger partial charge < -0.3 is 29.9 Å². The summed E-state index contributed by atoms with van der Waals surface area (Å²) in [5.41, 5.74) is 1.33. The summed E-state index contributed by atoms with van der Waals surface area (Å²) in [7, 11) is 0. The number of carbonyl (C=O) groups is 1. The summed E-state index contributed by atoms with van der Waals surface area (Å²) >= 11 is 0. The Bertz CT molecular complexity index is 843. The molecule has 0 fully saturated rings. The number of hydrogen-bond donors (Lipinski definition) is 4. The third-order valence-corrected chi connectivity index (χ3v) is 5.11. The van der Waals surface area contributed by atoms with E-state index in [9.17, 15) is 20.1 Å². The average Bonchev–Trinajstić information content (AvgIpc) is 2.75. The van der Waals surface area contributed by atoms with E-state index in [1.54, 1.807) is 6.07 Å². The van der Waals surface area contributed by atoms with Gasteiger partial charge >= 0.3 is 5.97 Å². The average molecular weight is 447 g/mol. The van der Waals surface area contributed by atoms with Crippen LogP contribution in [0.4, 0.5) is 0 Å². The van der Waals surface area contributed by atoms with Crippen LogP contribution in [0.2, 0.25) is 0 Å². The number of unbranched alkanes of at least 4 members (excludes halogenated alkanes) is 7. The van der Waals surface area contributed by atoms with Crippen molar-refractivity contribution < 1.29 is 34.7 Å². The lowest BCUT2D eigenvalue weighted by molar-refractivity contribution is -0.139.